The lowest BCUT2D eigenvalue weighted by Crippen LogP contribution is -2.29. The van der Waals surface area contributed by atoms with Crippen LogP contribution in [0.1, 0.15) is 22.5 Å². The third kappa shape index (κ3) is 2.79. The zero-order valence-electron chi connectivity index (χ0n) is 13.6. The Bertz CT molecular complexity index is 1020. The number of carbonyl (C=O) groups is 2. The Morgan fingerprint density at radius 2 is 1.81 bits per heavy atom. The summed E-state index contributed by atoms with van der Waals surface area (Å²) >= 11 is 0. The van der Waals surface area contributed by atoms with E-state index in [1.165, 1.54) is 0 Å². The number of nitrogens with one attached hydrogen (secondary N) is 1. The minimum absolute atomic E-state index is 0.0956. The van der Waals surface area contributed by atoms with Crippen LogP contribution in [-0.2, 0) is 9.63 Å². The quantitative estimate of drug-likeness (QED) is 0.755. The van der Waals surface area contributed by atoms with Gasteiger partial charge in [0, 0.05) is 11.8 Å². The molecule has 4 rings (SSSR count). The Labute approximate surface area is 148 Å². The van der Waals surface area contributed by atoms with Gasteiger partial charge in [0.05, 0.1) is 5.71 Å². The zero-order chi connectivity index (χ0) is 18.1. The first-order chi connectivity index (χ1) is 12.6. The first-order valence-electron chi connectivity index (χ1n) is 8.04. The van der Waals surface area contributed by atoms with Gasteiger partial charge in [-0.15, -0.1) is 0 Å². The molecule has 1 atom stereocenters. The van der Waals surface area contributed by atoms with Crippen molar-refractivity contribution in [3.8, 4) is 0 Å². The molecule has 7 heteroatoms. The van der Waals surface area contributed by atoms with E-state index < -0.39 is 17.9 Å². The molecule has 0 fully saturated rings. The summed E-state index contributed by atoms with van der Waals surface area (Å²) in [7, 11) is 0. The van der Waals surface area contributed by atoms with Crippen LogP contribution >= 0.6 is 0 Å². The number of oxime groups is 1. The van der Waals surface area contributed by atoms with E-state index in [1.54, 1.807) is 24.3 Å². The number of hydrogen-bond acceptors (Lipinski definition) is 5. The average Bonchev–Trinajstić information content (AvgIpc) is 3.28. The van der Waals surface area contributed by atoms with Crippen LogP contribution in [0, 0.1) is 0 Å². The van der Waals surface area contributed by atoms with Gasteiger partial charge in [0.25, 0.3) is 11.8 Å². The van der Waals surface area contributed by atoms with Crippen molar-refractivity contribution in [1.82, 2.24) is 0 Å². The largest absolute Gasteiger partial charge is 0.449 e. The zero-order valence-corrected chi connectivity index (χ0v) is 13.6. The summed E-state index contributed by atoms with van der Waals surface area (Å²) in [5.74, 6) is -1.28. The summed E-state index contributed by atoms with van der Waals surface area (Å²) in [6, 6.07) is 16.5. The predicted octanol–water partition coefficient (Wildman–Crippen LogP) is 2.66. The lowest BCUT2D eigenvalue weighted by atomic mass is 10.0. The number of carbonyl (C=O) groups excluding carboxylic acids is 2. The van der Waals surface area contributed by atoms with Crippen molar-refractivity contribution in [2.75, 3.05) is 5.32 Å². The van der Waals surface area contributed by atoms with E-state index in [4.69, 9.17) is 15.0 Å². The van der Waals surface area contributed by atoms with Crippen molar-refractivity contribution in [2.45, 2.75) is 12.5 Å². The Morgan fingerprint density at radius 1 is 1.08 bits per heavy atom. The molecule has 3 aromatic rings. The van der Waals surface area contributed by atoms with Crippen LogP contribution in [0.3, 0.4) is 0 Å². The molecule has 2 heterocycles. The minimum atomic E-state index is -0.792. The van der Waals surface area contributed by atoms with Gasteiger partial charge in [0.2, 0.25) is 11.9 Å². The summed E-state index contributed by atoms with van der Waals surface area (Å²) in [5, 5.41) is 7.29. The van der Waals surface area contributed by atoms with Gasteiger partial charge in [0.15, 0.2) is 0 Å². The molecule has 0 bridgehead atoms. The molecule has 0 unspecified atom stereocenters. The molecule has 1 aromatic heterocycles. The molecule has 0 saturated heterocycles. The third-order valence-corrected chi connectivity index (χ3v) is 4.14. The lowest BCUT2D eigenvalue weighted by molar-refractivity contribution is -0.125. The molecule has 2 aromatic carbocycles. The van der Waals surface area contributed by atoms with Crippen molar-refractivity contribution in [3.05, 3.63) is 65.9 Å². The number of para-hydroxylation sites is 1. The monoisotopic (exact) mass is 349 g/mol. The summed E-state index contributed by atoms with van der Waals surface area (Å²) in [6.07, 6.45) is -0.461. The minimum Gasteiger partial charge on any atom is -0.449 e. The Morgan fingerprint density at radius 3 is 2.58 bits per heavy atom. The predicted molar refractivity (Wildman–Crippen MR) is 95.8 cm³/mol. The molecule has 0 spiro atoms. The SMILES string of the molecule is NC(=O)c1oc2ccccc2c1NC(=O)[C@@H]1CC(c2ccccc2)=NO1. The van der Waals surface area contributed by atoms with E-state index in [0.717, 1.165) is 5.56 Å². The molecular formula is C19H15N3O4. The summed E-state index contributed by atoms with van der Waals surface area (Å²) in [5.41, 5.74) is 7.67. The van der Waals surface area contributed by atoms with E-state index in [9.17, 15) is 9.59 Å². The number of benzene rings is 2. The highest BCUT2D eigenvalue weighted by atomic mass is 16.6. The molecule has 0 saturated carbocycles. The number of fused-ring (bicyclic) bond motifs is 1. The summed E-state index contributed by atoms with van der Waals surface area (Å²) in [6.45, 7) is 0. The van der Waals surface area contributed by atoms with E-state index in [-0.39, 0.29) is 11.4 Å². The first-order valence-corrected chi connectivity index (χ1v) is 8.04. The maximum atomic E-state index is 12.6. The molecule has 1 aliphatic rings. The molecule has 26 heavy (non-hydrogen) atoms. The molecule has 1 aliphatic heterocycles. The highest BCUT2D eigenvalue weighted by Gasteiger charge is 2.31. The number of primary amides is 1. The van der Waals surface area contributed by atoms with Crippen LogP contribution in [0.2, 0.25) is 0 Å². The van der Waals surface area contributed by atoms with Crippen molar-refractivity contribution >= 4 is 34.2 Å². The lowest BCUT2D eigenvalue weighted by Gasteiger charge is -2.09. The normalized spacial score (nSPS) is 16.2. The Hall–Kier alpha value is -3.61. The van der Waals surface area contributed by atoms with Crippen molar-refractivity contribution in [2.24, 2.45) is 10.9 Å². The number of rotatable bonds is 4. The summed E-state index contributed by atoms with van der Waals surface area (Å²) < 4.78 is 5.46. The fourth-order valence-corrected chi connectivity index (χ4v) is 2.87. The molecule has 7 nitrogen and oxygen atoms in total. The number of nitrogens with zero attached hydrogens (tertiary/aromatic N) is 1. The number of amides is 2. The topological polar surface area (TPSA) is 107 Å². The molecule has 130 valence electrons. The van der Waals surface area contributed by atoms with Crippen LogP contribution in [0.15, 0.2) is 64.2 Å². The fraction of sp³-hybridized carbons (Fsp3) is 0.105. The highest BCUT2D eigenvalue weighted by Crippen LogP contribution is 2.31. The standard InChI is InChI=1S/C19H15N3O4/c20-18(23)17-16(12-8-4-5-9-14(12)25-17)21-19(24)15-10-13(22-26-15)11-6-2-1-3-7-11/h1-9,15H,10H2,(H2,20,23)(H,21,24)/t15-/m0/s1. The van der Waals surface area contributed by atoms with Crippen molar-refractivity contribution in [1.29, 1.82) is 0 Å². The maximum absolute atomic E-state index is 12.6. The van der Waals surface area contributed by atoms with Crippen molar-refractivity contribution in [3.63, 3.8) is 0 Å². The van der Waals surface area contributed by atoms with Gasteiger partial charge in [-0.3, -0.25) is 9.59 Å². The fourth-order valence-electron chi connectivity index (χ4n) is 2.87. The number of hydrogen-bond donors (Lipinski definition) is 2. The molecule has 3 N–H and O–H groups in total. The van der Waals surface area contributed by atoms with Crippen LogP contribution in [-0.4, -0.2) is 23.6 Å². The van der Waals surface area contributed by atoms with Crippen LogP contribution in [0.25, 0.3) is 11.0 Å². The van der Waals surface area contributed by atoms with E-state index in [1.807, 2.05) is 30.3 Å². The van der Waals surface area contributed by atoms with E-state index in [0.29, 0.717) is 23.1 Å². The van der Waals surface area contributed by atoms with Gasteiger partial charge in [-0.05, 0) is 17.7 Å². The number of anilines is 1. The second-order valence-corrected chi connectivity index (χ2v) is 5.86. The molecular weight excluding hydrogens is 334 g/mol. The third-order valence-electron chi connectivity index (χ3n) is 4.14. The Kier molecular flexibility index (Phi) is 3.89. The Balaban J connectivity index is 1.56. The highest BCUT2D eigenvalue weighted by molar-refractivity contribution is 6.12. The van der Waals surface area contributed by atoms with Crippen molar-refractivity contribution < 1.29 is 18.8 Å². The van der Waals surface area contributed by atoms with Gasteiger partial charge in [-0.1, -0.05) is 47.6 Å². The molecule has 0 radical (unpaired) electrons. The van der Waals surface area contributed by atoms with Gasteiger partial charge in [-0.25, -0.2) is 0 Å². The average molecular weight is 349 g/mol. The molecule has 0 aliphatic carbocycles. The first kappa shape index (κ1) is 15.9. The number of furan rings is 1. The maximum Gasteiger partial charge on any atom is 0.286 e. The van der Waals surface area contributed by atoms with E-state index >= 15 is 0 Å². The smallest absolute Gasteiger partial charge is 0.286 e. The van der Waals surface area contributed by atoms with E-state index in [2.05, 4.69) is 10.5 Å². The summed E-state index contributed by atoms with van der Waals surface area (Å²) in [4.78, 5) is 29.5. The van der Waals surface area contributed by atoms with Gasteiger partial charge >= 0.3 is 0 Å². The van der Waals surface area contributed by atoms with Gasteiger partial charge in [0.1, 0.15) is 11.3 Å². The van der Waals surface area contributed by atoms with Crippen LogP contribution < -0.4 is 11.1 Å². The van der Waals surface area contributed by atoms with Gasteiger partial charge < -0.3 is 20.3 Å². The van der Waals surface area contributed by atoms with Crippen LogP contribution in [0.4, 0.5) is 5.69 Å². The van der Waals surface area contributed by atoms with Crippen LogP contribution in [0.5, 0.6) is 0 Å². The second-order valence-electron chi connectivity index (χ2n) is 5.86. The molecule has 2 amide bonds. The second kappa shape index (κ2) is 6.36. The number of nitrogens with two attached hydrogens (primary N) is 1. The van der Waals surface area contributed by atoms with Gasteiger partial charge in [-0.2, -0.15) is 0 Å².